The minimum absolute atomic E-state index is 0.0287. The Morgan fingerprint density at radius 3 is 3.00 bits per heavy atom. The first-order valence-corrected chi connectivity index (χ1v) is 9.08. The van der Waals surface area contributed by atoms with Crippen LogP contribution in [0.1, 0.15) is 37.3 Å². The van der Waals surface area contributed by atoms with Crippen molar-refractivity contribution in [3.05, 3.63) is 35.9 Å². The van der Waals surface area contributed by atoms with Crippen LogP contribution >= 0.6 is 0 Å². The number of phenols is 1. The number of hydrogen-bond acceptors (Lipinski definition) is 5. The molecule has 2 N–H and O–H groups in total. The molecule has 5 heteroatoms. The highest BCUT2D eigenvalue weighted by Gasteiger charge is 2.79. The Balaban J connectivity index is 1.81. The molecule has 1 unspecified atom stereocenters. The number of carbonyl (C=O) groups excluding carboxylic acids is 1. The third-order valence-electron chi connectivity index (χ3n) is 7.23. The van der Waals surface area contributed by atoms with Crippen molar-refractivity contribution in [2.24, 2.45) is 0 Å². The number of rotatable bonds is 3. The molecule has 4 aliphatic rings. The van der Waals surface area contributed by atoms with Gasteiger partial charge in [0.15, 0.2) is 23.4 Å². The summed E-state index contributed by atoms with van der Waals surface area (Å²) in [5.74, 6) is 0.496. The molecule has 1 aromatic carbocycles. The summed E-state index contributed by atoms with van der Waals surface area (Å²) in [6.07, 6.45) is 3.24. The Morgan fingerprint density at radius 1 is 1.48 bits per heavy atom. The molecule has 1 saturated carbocycles. The van der Waals surface area contributed by atoms with E-state index in [4.69, 9.17) is 4.74 Å². The fourth-order valence-corrected chi connectivity index (χ4v) is 6.14. The van der Waals surface area contributed by atoms with Crippen LogP contribution in [0.4, 0.5) is 0 Å². The number of aliphatic hydroxyl groups is 1. The van der Waals surface area contributed by atoms with E-state index in [1.165, 1.54) is 0 Å². The van der Waals surface area contributed by atoms with E-state index in [2.05, 4.69) is 11.5 Å². The van der Waals surface area contributed by atoms with Gasteiger partial charge in [-0.1, -0.05) is 19.1 Å². The third-order valence-corrected chi connectivity index (χ3v) is 7.23. The molecule has 5 atom stereocenters. The first kappa shape index (κ1) is 15.4. The number of hydrogen-bond donors (Lipinski definition) is 2. The Morgan fingerprint density at radius 2 is 2.28 bits per heavy atom. The van der Waals surface area contributed by atoms with Crippen molar-refractivity contribution in [3.63, 3.8) is 0 Å². The molecule has 2 aliphatic carbocycles. The number of ether oxygens (including phenoxy) is 1. The summed E-state index contributed by atoms with van der Waals surface area (Å²) < 4.78 is 6.02. The molecule has 1 aromatic rings. The summed E-state index contributed by atoms with van der Waals surface area (Å²) >= 11 is 0. The second-order valence-corrected chi connectivity index (χ2v) is 7.97. The van der Waals surface area contributed by atoms with E-state index in [1.807, 2.05) is 19.1 Å². The Kier molecular flexibility index (Phi) is 2.75. The van der Waals surface area contributed by atoms with Gasteiger partial charge in [-0.15, -0.1) is 6.58 Å². The van der Waals surface area contributed by atoms with E-state index < -0.39 is 17.1 Å². The molecular formula is C20H23NO4. The molecule has 1 spiro atoms. The van der Waals surface area contributed by atoms with E-state index in [1.54, 1.807) is 6.07 Å². The number of carbonyl (C=O) groups is 1. The van der Waals surface area contributed by atoms with Gasteiger partial charge in [-0.3, -0.25) is 9.69 Å². The monoisotopic (exact) mass is 341 g/mol. The minimum Gasteiger partial charge on any atom is -0.504 e. The smallest absolute Gasteiger partial charge is 0.174 e. The van der Waals surface area contributed by atoms with Crippen LogP contribution in [0, 0.1) is 0 Å². The van der Waals surface area contributed by atoms with Gasteiger partial charge in [-0.2, -0.15) is 0 Å². The van der Waals surface area contributed by atoms with E-state index in [9.17, 15) is 15.0 Å². The van der Waals surface area contributed by atoms with Crippen LogP contribution in [0.5, 0.6) is 11.5 Å². The van der Waals surface area contributed by atoms with E-state index in [0.717, 1.165) is 24.2 Å². The second kappa shape index (κ2) is 4.46. The lowest BCUT2D eigenvalue weighted by atomic mass is 9.49. The van der Waals surface area contributed by atoms with Crippen LogP contribution in [0.15, 0.2) is 24.8 Å². The van der Waals surface area contributed by atoms with Crippen LogP contribution in [0.3, 0.4) is 0 Å². The van der Waals surface area contributed by atoms with Gasteiger partial charge in [0.25, 0.3) is 0 Å². The summed E-state index contributed by atoms with van der Waals surface area (Å²) in [7, 11) is 0. The Hall–Kier alpha value is -1.85. The van der Waals surface area contributed by atoms with E-state index in [0.29, 0.717) is 31.4 Å². The quantitative estimate of drug-likeness (QED) is 0.647. The van der Waals surface area contributed by atoms with Crippen molar-refractivity contribution < 1.29 is 19.7 Å². The lowest BCUT2D eigenvalue weighted by molar-refractivity contribution is -0.164. The van der Waals surface area contributed by atoms with Crippen molar-refractivity contribution in [3.8, 4) is 11.5 Å². The standard InChI is InChI=1S/C20H23NO4/c1-3-9-21-11-18(21)10-12-5-6-13(22)16-15(12)19(4-2)17(25-16)14(23)7-8-20(18,19)24/h3,5-6,17,22,24H,1,4,7-11H2,2H3/t17-,18-,19-,20+,21?/m1/s1. The molecule has 132 valence electrons. The number of ketones is 1. The van der Waals surface area contributed by atoms with Gasteiger partial charge < -0.3 is 14.9 Å². The highest BCUT2D eigenvalue weighted by molar-refractivity contribution is 5.90. The average molecular weight is 341 g/mol. The molecule has 0 aromatic heterocycles. The average Bonchev–Trinajstić information content (AvgIpc) is 3.14. The molecule has 1 saturated heterocycles. The van der Waals surface area contributed by atoms with Gasteiger partial charge in [-0.05, 0) is 30.9 Å². The molecular weight excluding hydrogens is 318 g/mol. The van der Waals surface area contributed by atoms with Crippen LogP contribution in [0.2, 0.25) is 0 Å². The maximum Gasteiger partial charge on any atom is 0.174 e. The van der Waals surface area contributed by atoms with Gasteiger partial charge in [0, 0.05) is 25.1 Å². The van der Waals surface area contributed by atoms with Gasteiger partial charge >= 0.3 is 0 Å². The number of nitrogens with zero attached hydrogens (tertiary/aromatic N) is 1. The topological polar surface area (TPSA) is 69.8 Å². The maximum absolute atomic E-state index is 12.7. The normalized spacial score (nSPS) is 42.9. The number of aromatic hydroxyl groups is 1. The molecule has 0 bridgehead atoms. The van der Waals surface area contributed by atoms with Gasteiger partial charge in [-0.25, -0.2) is 0 Å². The number of phenolic OH excluding ortho intramolecular Hbond substituents is 1. The molecule has 5 nitrogen and oxygen atoms in total. The maximum atomic E-state index is 12.7. The molecule has 0 amide bonds. The summed E-state index contributed by atoms with van der Waals surface area (Å²) in [5, 5.41) is 22.4. The van der Waals surface area contributed by atoms with Gasteiger partial charge in [0.1, 0.15) is 0 Å². The summed E-state index contributed by atoms with van der Waals surface area (Å²) in [5.41, 5.74) is -0.234. The summed E-state index contributed by atoms with van der Waals surface area (Å²) in [4.78, 5) is 15.0. The summed E-state index contributed by atoms with van der Waals surface area (Å²) in [6, 6.07) is 3.58. The van der Waals surface area contributed by atoms with Gasteiger partial charge in [0.05, 0.1) is 16.6 Å². The van der Waals surface area contributed by atoms with Crippen molar-refractivity contribution in [1.82, 2.24) is 4.90 Å². The fourth-order valence-electron chi connectivity index (χ4n) is 6.14. The first-order valence-electron chi connectivity index (χ1n) is 9.08. The fraction of sp³-hybridized carbons (Fsp3) is 0.550. The Bertz CT molecular complexity index is 820. The van der Waals surface area contributed by atoms with Gasteiger partial charge in [0.2, 0.25) is 0 Å². The first-order chi connectivity index (χ1) is 11.9. The Labute approximate surface area is 146 Å². The van der Waals surface area contributed by atoms with Crippen molar-refractivity contribution in [2.75, 3.05) is 13.1 Å². The minimum atomic E-state index is -1.04. The van der Waals surface area contributed by atoms with Crippen molar-refractivity contribution >= 4 is 5.78 Å². The molecule has 2 fully saturated rings. The highest BCUT2D eigenvalue weighted by Crippen LogP contribution is 2.68. The number of Topliss-reactive ketones (excluding diaryl/α,β-unsaturated/α-hetero) is 1. The lowest BCUT2D eigenvalue weighted by Gasteiger charge is -2.57. The number of fused-ring (bicyclic) bond motifs is 1. The predicted molar refractivity (Wildman–Crippen MR) is 91.9 cm³/mol. The lowest BCUT2D eigenvalue weighted by Crippen LogP contribution is -2.72. The van der Waals surface area contributed by atoms with E-state index in [-0.39, 0.29) is 17.1 Å². The van der Waals surface area contributed by atoms with Crippen LogP contribution in [0.25, 0.3) is 0 Å². The second-order valence-electron chi connectivity index (χ2n) is 7.97. The third kappa shape index (κ3) is 1.44. The molecule has 2 aliphatic heterocycles. The molecule has 5 rings (SSSR count). The zero-order valence-corrected chi connectivity index (χ0v) is 14.4. The van der Waals surface area contributed by atoms with E-state index >= 15 is 0 Å². The van der Waals surface area contributed by atoms with Crippen molar-refractivity contribution in [1.29, 1.82) is 0 Å². The van der Waals surface area contributed by atoms with Crippen LogP contribution < -0.4 is 4.74 Å². The molecule has 2 heterocycles. The van der Waals surface area contributed by atoms with Crippen molar-refractivity contribution in [2.45, 2.75) is 55.3 Å². The molecule has 0 radical (unpaired) electrons. The zero-order chi connectivity index (χ0) is 17.6. The predicted octanol–water partition coefficient (Wildman–Crippen LogP) is 1.69. The van der Waals surface area contributed by atoms with Crippen LogP contribution in [-0.2, 0) is 16.6 Å². The highest BCUT2D eigenvalue weighted by atomic mass is 16.5. The zero-order valence-electron chi connectivity index (χ0n) is 14.4. The molecule has 25 heavy (non-hydrogen) atoms. The van der Waals surface area contributed by atoms with Crippen LogP contribution in [-0.4, -0.2) is 51.2 Å². The SMILES string of the molecule is C=CCN1C[C@@]12Cc1ccc(O)c3c1[C@]1(CC)[C@H](O3)C(=O)CC[C@]21O. The largest absolute Gasteiger partial charge is 0.504 e. The number of benzene rings is 1. The summed E-state index contributed by atoms with van der Waals surface area (Å²) in [6.45, 7) is 7.38.